The lowest BCUT2D eigenvalue weighted by molar-refractivity contribution is 0.170. The van der Waals surface area contributed by atoms with Gasteiger partial charge in [-0.15, -0.1) is 0 Å². The van der Waals surface area contributed by atoms with Gasteiger partial charge in [0.15, 0.2) is 0 Å². The smallest absolute Gasteiger partial charge is 0.403 e. The summed E-state index contributed by atoms with van der Waals surface area (Å²) in [5, 5.41) is 12.8. The van der Waals surface area contributed by atoms with Gasteiger partial charge in [0.25, 0.3) is 0 Å². The molecule has 3 unspecified atom stereocenters. The molecule has 2 aliphatic carbocycles. The quantitative estimate of drug-likeness (QED) is 0.144. The Labute approximate surface area is 305 Å². The zero-order valence-electron chi connectivity index (χ0n) is 28.7. The van der Waals surface area contributed by atoms with Crippen molar-refractivity contribution < 1.29 is 18.5 Å². The number of benzene rings is 8. The minimum absolute atomic E-state index is 0.387. The minimum atomic E-state index is -4.71. The Kier molecular flexibility index (Phi) is 6.75. The van der Waals surface area contributed by atoms with Gasteiger partial charge in [0.1, 0.15) is 11.9 Å². The van der Waals surface area contributed by atoms with E-state index in [4.69, 9.17) is 9.05 Å². The van der Waals surface area contributed by atoms with Crippen molar-refractivity contribution in [3.8, 4) is 16.9 Å². The van der Waals surface area contributed by atoms with Crippen molar-refractivity contribution >= 4 is 74.7 Å². The van der Waals surface area contributed by atoms with Crippen LogP contribution in [0.5, 0.6) is 5.75 Å². The van der Waals surface area contributed by atoms with Crippen molar-refractivity contribution in [3.05, 3.63) is 172 Å². The molecule has 1 heterocycles. The van der Waals surface area contributed by atoms with Gasteiger partial charge in [-0.3, -0.25) is 9.42 Å². The zero-order chi connectivity index (χ0) is 35.3. The summed E-state index contributed by atoms with van der Waals surface area (Å²) in [5.74, 6) is -0.0189. The van der Waals surface area contributed by atoms with E-state index in [1.165, 1.54) is 0 Å². The standard InChI is InChI=1S/C48H33O4P/c49-53(50)51-47-41(43-35-19-7-1-13-29(35)25-30-14-2-8-20-36(30)43)27-33-17-5-11-23-39(33)45(47)46-40-24-12-6-18-34(40)28-42(48(46)52-53)44-37-21-9-3-15-31(37)26-32-16-4-10-22-38(32)44/h1-5,7-11,13-28,41,47H,6,12H2,(H,49,50). The topological polar surface area (TPSA) is 55.8 Å². The van der Waals surface area contributed by atoms with Crippen LogP contribution in [0.3, 0.4) is 0 Å². The highest BCUT2D eigenvalue weighted by atomic mass is 31.2. The largest absolute Gasteiger partial charge is 0.528 e. The maximum Gasteiger partial charge on any atom is 0.528 e. The van der Waals surface area contributed by atoms with Gasteiger partial charge in [-0.1, -0.05) is 140 Å². The highest BCUT2D eigenvalue weighted by Crippen LogP contribution is 2.57. The first-order valence-corrected chi connectivity index (χ1v) is 19.7. The zero-order valence-corrected chi connectivity index (χ0v) is 29.6. The van der Waals surface area contributed by atoms with Crippen molar-refractivity contribution in [3.63, 3.8) is 0 Å². The summed E-state index contributed by atoms with van der Waals surface area (Å²) in [6, 6.07) is 48.5. The molecule has 53 heavy (non-hydrogen) atoms. The molecule has 0 saturated carbocycles. The van der Waals surface area contributed by atoms with Crippen LogP contribution >= 0.6 is 7.82 Å². The molecule has 0 saturated heterocycles. The molecular formula is C48H33O4P. The summed E-state index contributed by atoms with van der Waals surface area (Å²) in [4.78, 5) is 11.9. The fourth-order valence-electron chi connectivity index (χ4n) is 9.23. The molecule has 8 aromatic carbocycles. The molecule has 0 radical (unpaired) electrons. The lowest BCUT2D eigenvalue weighted by Gasteiger charge is -2.31. The second-order valence-corrected chi connectivity index (χ2v) is 15.7. The normalized spacial score (nSPS) is 20.3. The van der Waals surface area contributed by atoms with Crippen LogP contribution in [0.15, 0.2) is 140 Å². The summed E-state index contributed by atoms with van der Waals surface area (Å²) < 4.78 is 27.7. The third-order valence-corrected chi connectivity index (χ3v) is 12.3. The van der Waals surface area contributed by atoms with Crippen molar-refractivity contribution in [1.82, 2.24) is 0 Å². The van der Waals surface area contributed by atoms with Crippen molar-refractivity contribution in [2.24, 2.45) is 0 Å². The predicted octanol–water partition coefficient (Wildman–Crippen LogP) is 8.98. The number of hydrogen-bond acceptors (Lipinski definition) is 3. The fourth-order valence-corrected chi connectivity index (χ4v) is 10.2. The first-order chi connectivity index (χ1) is 26.0. The molecule has 0 amide bonds. The van der Waals surface area contributed by atoms with Crippen LogP contribution in [-0.4, -0.2) is 11.0 Å². The van der Waals surface area contributed by atoms with Crippen LogP contribution in [0.2, 0.25) is 0 Å². The summed E-state index contributed by atoms with van der Waals surface area (Å²) in [7, 11) is -4.71. The lowest BCUT2D eigenvalue weighted by atomic mass is 9.76. The van der Waals surface area contributed by atoms with E-state index >= 15 is 0 Å². The molecule has 5 heteroatoms. The maximum absolute atomic E-state index is 14.6. The summed E-state index contributed by atoms with van der Waals surface area (Å²) in [5.41, 5.74) is 4.53. The predicted molar refractivity (Wildman–Crippen MR) is 216 cm³/mol. The van der Waals surface area contributed by atoms with E-state index in [9.17, 15) is 9.46 Å². The van der Waals surface area contributed by atoms with Gasteiger partial charge in [0, 0.05) is 28.2 Å². The summed E-state index contributed by atoms with van der Waals surface area (Å²) >= 11 is 0. The first kappa shape index (κ1) is 30.8. The Bertz CT molecular complexity index is 3090. The summed E-state index contributed by atoms with van der Waals surface area (Å²) in [6.45, 7) is 0. The molecule has 1 aliphatic heterocycles. The number of phosphoric acid groups is 1. The highest BCUT2D eigenvalue weighted by Gasteiger charge is 2.44. The number of rotatable bonds is 2. The number of fused-ring (bicyclic) bond motifs is 10. The lowest BCUT2D eigenvalue weighted by Crippen LogP contribution is -2.42. The van der Waals surface area contributed by atoms with E-state index in [1.807, 2.05) is 6.07 Å². The van der Waals surface area contributed by atoms with Gasteiger partial charge in [-0.2, -0.15) is 0 Å². The Morgan fingerprint density at radius 2 is 1.13 bits per heavy atom. The van der Waals surface area contributed by atoms with Crippen LogP contribution in [0, 0.1) is 0 Å². The average Bonchev–Trinajstić information content (AvgIpc) is 3.32. The molecule has 4 nitrogen and oxygen atoms in total. The van der Waals surface area contributed by atoms with Crippen molar-refractivity contribution in [1.29, 1.82) is 0 Å². The summed E-state index contributed by atoms with van der Waals surface area (Å²) in [6.07, 6.45) is 7.73. The van der Waals surface area contributed by atoms with Crippen molar-refractivity contribution in [2.75, 3.05) is 0 Å². The first-order valence-electron chi connectivity index (χ1n) is 18.2. The third kappa shape index (κ3) is 4.73. The highest BCUT2D eigenvalue weighted by molar-refractivity contribution is 7.48. The van der Waals surface area contributed by atoms with Gasteiger partial charge in [-0.05, 0) is 101 Å². The van der Waals surface area contributed by atoms with E-state index in [1.54, 1.807) is 0 Å². The molecule has 0 spiro atoms. The molecule has 0 fully saturated rings. The third-order valence-electron chi connectivity index (χ3n) is 11.4. The van der Waals surface area contributed by atoms with Gasteiger partial charge in [0.2, 0.25) is 0 Å². The Morgan fingerprint density at radius 1 is 0.585 bits per heavy atom. The molecule has 254 valence electrons. The second kappa shape index (κ2) is 11.6. The monoisotopic (exact) mass is 704 g/mol. The number of phosphoric ester groups is 1. The van der Waals surface area contributed by atoms with Gasteiger partial charge in [0.05, 0.1) is 0 Å². The molecule has 8 aromatic rings. The minimum Gasteiger partial charge on any atom is -0.403 e. The fraction of sp³-hybridized carbons (Fsp3) is 0.0833. The van der Waals surface area contributed by atoms with Crippen LogP contribution in [0.25, 0.3) is 78.0 Å². The van der Waals surface area contributed by atoms with E-state index in [0.717, 1.165) is 105 Å². The van der Waals surface area contributed by atoms with E-state index in [2.05, 4.69) is 152 Å². The Balaban J connectivity index is 1.31. The maximum atomic E-state index is 14.6. The molecule has 3 aliphatic rings. The molecule has 11 rings (SSSR count). The van der Waals surface area contributed by atoms with Crippen LogP contribution in [-0.2, 0) is 9.09 Å². The van der Waals surface area contributed by atoms with Gasteiger partial charge >= 0.3 is 7.82 Å². The van der Waals surface area contributed by atoms with Crippen molar-refractivity contribution in [2.45, 2.75) is 24.9 Å². The SMILES string of the molecule is O=P1(O)Oc2c(-c3c4ccccc4cc4ccccc34)cc3c(c2C2=c4ccccc4=CC(c4c5ccccc5cc5ccccc45)C2O1)=CCCC=3. The van der Waals surface area contributed by atoms with E-state index in [-0.39, 0.29) is 0 Å². The van der Waals surface area contributed by atoms with E-state index < -0.39 is 19.8 Å². The van der Waals surface area contributed by atoms with Gasteiger partial charge in [-0.25, -0.2) is 4.57 Å². The van der Waals surface area contributed by atoms with Crippen LogP contribution in [0.1, 0.15) is 29.9 Å². The van der Waals surface area contributed by atoms with E-state index in [0.29, 0.717) is 5.75 Å². The molecule has 0 bridgehead atoms. The second-order valence-electron chi connectivity index (χ2n) is 14.3. The Morgan fingerprint density at radius 3 is 1.79 bits per heavy atom. The molecular weight excluding hydrogens is 671 g/mol. The van der Waals surface area contributed by atoms with Gasteiger partial charge < -0.3 is 4.52 Å². The molecule has 0 aromatic heterocycles. The molecule has 3 atom stereocenters. The molecule has 1 N–H and O–H groups in total. The van der Waals surface area contributed by atoms with Crippen LogP contribution < -0.4 is 25.4 Å². The number of hydrogen-bond donors (Lipinski definition) is 1. The van der Waals surface area contributed by atoms with Crippen LogP contribution in [0.4, 0.5) is 0 Å². The average molecular weight is 705 g/mol. The Hall–Kier alpha value is -5.77.